The summed E-state index contributed by atoms with van der Waals surface area (Å²) in [7, 11) is 5.41. The number of pyridine rings is 1. The summed E-state index contributed by atoms with van der Waals surface area (Å²) in [5.41, 5.74) is 6.24. The topological polar surface area (TPSA) is 80.0 Å². The number of rotatable bonds is 3. The molecule has 9 nitrogen and oxygen atoms in total. The van der Waals surface area contributed by atoms with Crippen molar-refractivity contribution in [2.24, 2.45) is 14.1 Å². The van der Waals surface area contributed by atoms with E-state index in [0.29, 0.717) is 5.75 Å². The van der Waals surface area contributed by atoms with Gasteiger partial charge in [-0.25, -0.2) is 9.20 Å². The van der Waals surface area contributed by atoms with Crippen LogP contribution in [-0.4, -0.2) is 46.1 Å². The lowest BCUT2D eigenvalue weighted by atomic mass is 10.1. The van der Waals surface area contributed by atoms with Crippen LogP contribution < -0.4 is 4.74 Å². The van der Waals surface area contributed by atoms with Crippen molar-refractivity contribution in [3.63, 3.8) is 0 Å². The van der Waals surface area contributed by atoms with Crippen LogP contribution in [0.1, 0.15) is 16.8 Å². The molecule has 0 bridgehead atoms. The van der Waals surface area contributed by atoms with Gasteiger partial charge in [0.15, 0.2) is 0 Å². The molecule has 154 valence electrons. The smallest absolute Gasteiger partial charge is 0.146 e. The van der Waals surface area contributed by atoms with E-state index >= 15 is 0 Å². The lowest BCUT2D eigenvalue weighted by Crippen LogP contribution is -1.97. The Balaban J connectivity index is 1.54. The first kappa shape index (κ1) is 18.7. The molecule has 0 spiro atoms. The summed E-state index contributed by atoms with van der Waals surface area (Å²) in [5, 5.41) is 17.4. The molecule has 5 aromatic heterocycles. The third kappa shape index (κ3) is 3.24. The highest BCUT2D eigenvalue weighted by atomic mass is 16.5. The minimum absolute atomic E-state index is 0.700. The Morgan fingerprint density at radius 3 is 2.26 bits per heavy atom. The predicted molar refractivity (Wildman–Crippen MR) is 115 cm³/mol. The fraction of sp³-hybridized carbons (Fsp3) is 0.182. The minimum atomic E-state index is 0.700. The van der Waals surface area contributed by atoms with Gasteiger partial charge in [-0.3, -0.25) is 9.36 Å². The molecule has 0 aliphatic heterocycles. The van der Waals surface area contributed by atoms with Crippen molar-refractivity contribution in [2.75, 3.05) is 7.11 Å². The molecule has 0 amide bonds. The number of nitrogens with zero attached hydrogens (tertiary/aromatic N) is 8. The first-order chi connectivity index (χ1) is 15.0. The van der Waals surface area contributed by atoms with Crippen LogP contribution in [-0.2, 0) is 14.1 Å². The molecule has 5 rings (SSSR count). The Kier molecular flexibility index (Phi) is 4.33. The Morgan fingerprint density at radius 1 is 0.806 bits per heavy atom. The molecule has 5 aromatic rings. The first-order valence-electron chi connectivity index (χ1n) is 9.63. The van der Waals surface area contributed by atoms with E-state index in [4.69, 9.17) is 4.74 Å². The fourth-order valence-corrected chi connectivity index (χ4v) is 3.50. The average Bonchev–Trinajstić information content (AvgIpc) is 3.54. The first-order valence-corrected chi connectivity index (χ1v) is 9.63. The molecule has 0 fully saturated rings. The van der Waals surface area contributed by atoms with Crippen LogP contribution >= 0.6 is 0 Å². The molecule has 0 radical (unpaired) electrons. The third-order valence-electron chi connectivity index (χ3n) is 5.11. The van der Waals surface area contributed by atoms with Crippen molar-refractivity contribution in [3.8, 4) is 34.4 Å². The molecule has 0 saturated heterocycles. The maximum atomic E-state index is 5.65. The highest BCUT2D eigenvalue weighted by Crippen LogP contribution is 2.29. The van der Waals surface area contributed by atoms with Gasteiger partial charge < -0.3 is 4.74 Å². The second-order valence-corrected chi connectivity index (χ2v) is 7.23. The molecular formula is C22H20N8O. The Labute approximate surface area is 178 Å². The molecule has 0 atom stereocenters. The van der Waals surface area contributed by atoms with Gasteiger partial charge in [-0.1, -0.05) is 11.8 Å². The highest BCUT2D eigenvalue weighted by Gasteiger charge is 2.13. The zero-order valence-corrected chi connectivity index (χ0v) is 17.6. The van der Waals surface area contributed by atoms with Gasteiger partial charge in [0.1, 0.15) is 17.0 Å². The summed E-state index contributed by atoms with van der Waals surface area (Å²) in [6.07, 6.45) is 12.9. The van der Waals surface area contributed by atoms with E-state index in [9.17, 15) is 0 Å². The van der Waals surface area contributed by atoms with Gasteiger partial charge in [0.2, 0.25) is 0 Å². The van der Waals surface area contributed by atoms with Crippen LogP contribution in [0.5, 0.6) is 5.75 Å². The van der Waals surface area contributed by atoms with E-state index in [0.717, 1.165) is 39.2 Å². The minimum Gasteiger partial charge on any atom is -0.494 e. The van der Waals surface area contributed by atoms with Gasteiger partial charge in [0.05, 0.1) is 54.9 Å². The van der Waals surface area contributed by atoms with Crippen LogP contribution in [0.3, 0.4) is 0 Å². The second-order valence-electron chi connectivity index (χ2n) is 7.23. The normalized spacial score (nSPS) is 11.0. The molecular weight excluding hydrogens is 392 g/mol. The van der Waals surface area contributed by atoms with Gasteiger partial charge in [0, 0.05) is 37.6 Å². The van der Waals surface area contributed by atoms with E-state index < -0.39 is 0 Å². The summed E-state index contributed by atoms with van der Waals surface area (Å²) in [6, 6.07) is 1.98. The van der Waals surface area contributed by atoms with Crippen LogP contribution in [0.15, 0.2) is 49.4 Å². The highest BCUT2D eigenvalue weighted by molar-refractivity contribution is 5.75. The van der Waals surface area contributed by atoms with Gasteiger partial charge >= 0.3 is 0 Å². The molecule has 9 heteroatoms. The number of fused-ring (bicyclic) bond motifs is 1. The molecule has 0 aliphatic carbocycles. The lowest BCUT2D eigenvalue weighted by Gasteiger charge is -2.06. The van der Waals surface area contributed by atoms with Crippen molar-refractivity contribution >= 4 is 5.52 Å². The van der Waals surface area contributed by atoms with Crippen molar-refractivity contribution in [1.82, 2.24) is 39.0 Å². The SMILES string of the molecule is COc1cc(-c2cnn(C)c2)cn2ncc(C#Cc3cnn(-c4cnn(C)c4)c3C)c12. The Bertz CT molecular complexity index is 1470. The van der Waals surface area contributed by atoms with Gasteiger partial charge in [0.25, 0.3) is 0 Å². The monoisotopic (exact) mass is 412 g/mol. The Morgan fingerprint density at radius 2 is 1.55 bits per heavy atom. The van der Waals surface area contributed by atoms with Crippen molar-refractivity contribution in [2.45, 2.75) is 6.92 Å². The summed E-state index contributed by atoms with van der Waals surface area (Å²) >= 11 is 0. The number of ether oxygens (including phenoxy) is 1. The van der Waals surface area contributed by atoms with Crippen molar-refractivity contribution < 1.29 is 4.74 Å². The van der Waals surface area contributed by atoms with Crippen LogP contribution in [0.4, 0.5) is 0 Å². The summed E-state index contributed by atoms with van der Waals surface area (Å²) in [6.45, 7) is 1.99. The number of methoxy groups -OCH3 is 1. The maximum Gasteiger partial charge on any atom is 0.146 e. The van der Waals surface area contributed by atoms with Crippen LogP contribution in [0.25, 0.3) is 22.3 Å². The number of aryl methyl sites for hydroxylation is 2. The molecule has 0 aromatic carbocycles. The molecule has 0 N–H and O–H groups in total. The van der Waals surface area contributed by atoms with E-state index in [-0.39, 0.29) is 0 Å². The van der Waals surface area contributed by atoms with Gasteiger partial charge in [-0.05, 0) is 13.0 Å². The molecule has 0 saturated carbocycles. The molecule has 31 heavy (non-hydrogen) atoms. The fourth-order valence-electron chi connectivity index (χ4n) is 3.50. The zero-order valence-electron chi connectivity index (χ0n) is 17.6. The summed E-state index contributed by atoms with van der Waals surface area (Å²) < 4.78 is 12.8. The average molecular weight is 412 g/mol. The summed E-state index contributed by atoms with van der Waals surface area (Å²) in [4.78, 5) is 0. The van der Waals surface area contributed by atoms with Gasteiger partial charge in [-0.2, -0.15) is 20.4 Å². The second kappa shape index (κ2) is 7.18. The molecule has 5 heterocycles. The summed E-state index contributed by atoms with van der Waals surface area (Å²) in [5.74, 6) is 7.15. The van der Waals surface area contributed by atoms with E-state index in [1.165, 1.54) is 0 Å². The quantitative estimate of drug-likeness (QED) is 0.425. The predicted octanol–water partition coefficient (Wildman–Crippen LogP) is 2.37. The third-order valence-corrected chi connectivity index (χ3v) is 5.11. The van der Waals surface area contributed by atoms with Crippen LogP contribution in [0, 0.1) is 18.8 Å². The molecule has 0 unspecified atom stereocenters. The maximum absolute atomic E-state index is 5.65. The van der Waals surface area contributed by atoms with E-state index in [1.54, 1.807) is 39.6 Å². The standard InChI is InChI=1S/C22H20N8O/c1-15-16(8-26-30(15)20-11-24-28(3)14-20)5-6-17-9-25-29-13-18(7-21(31-4)22(17)29)19-10-23-27(2)12-19/h7-14H,1-4H3. The number of hydrogen-bond acceptors (Lipinski definition) is 5. The van der Waals surface area contributed by atoms with Crippen molar-refractivity contribution in [3.05, 3.63) is 66.3 Å². The van der Waals surface area contributed by atoms with Gasteiger partial charge in [-0.15, -0.1) is 0 Å². The van der Waals surface area contributed by atoms with E-state index in [1.807, 2.05) is 56.6 Å². The number of hydrogen-bond donors (Lipinski definition) is 0. The zero-order chi connectivity index (χ0) is 21.5. The largest absolute Gasteiger partial charge is 0.494 e. The number of aromatic nitrogens is 8. The van der Waals surface area contributed by atoms with Crippen LogP contribution in [0.2, 0.25) is 0 Å². The lowest BCUT2D eigenvalue weighted by molar-refractivity contribution is 0.417. The Hall–Kier alpha value is -4.32. The van der Waals surface area contributed by atoms with Crippen molar-refractivity contribution in [1.29, 1.82) is 0 Å². The van der Waals surface area contributed by atoms with E-state index in [2.05, 4.69) is 32.2 Å². The molecule has 0 aliphatic rings.